The highest BCUT2D eigenvalue weighted by Crippen LogP contribution is 2.23. The Kier molecular flexibility index (Phi) is 6.69. The highest BCUT2D eigenvalue weighted by Gasteiger charge is 2.03. The van der Waals surface area contributed by atoms with E-state index in [1.54, 1.807) is 18.2 Å². The van der Waals surface area contributed by atoms with E-state index >= 15 is 0 Å². The van der Waals surface area contributed by atoms with Gasteiger partial charge in [-0.2, -0.15) is 5.10 Å². The quantitative estimate of drug-likeness (QED) is 0.475. The Hall–Kier alpha value is -2.47. The summed E-state index contributed by atoms with van der Waals surface area (Å²) in [6.07, 6.45) is 1.51. The predicted octanol–water partition coefficient (Wildman–Crippen LogP) is 3.76. The van der Waals surface area contributed by atoms with E-state index in [2.05, 4.69) is 10.2 Å². The summed E-state index contributed by atoms with van der Waals surface area (Å²) in [5.41, 5.74) is 7.54. The average Bonchev–Trinajstić information content (AvgIpc) is 2.55. The van der Waals surface area contributed by atoms with Crippen molar-refractivity contribution in [1.29, 1.82) is 0 Å². The van der Waals surface area contributed by atoms with Gasteiger partial charge in [0.25, 0.3) is 0 Å². The third-order valence-corrected chi connectivity index (χ3v) is 3.81. The molecule has 0 fully saturated rings. The molecule has 0 atom stereocenters. The highest BCUT2D eigenvalue weighted by molar-refractivity contribution is 8.13. The van der Waals surface area contributed by atoms with E-state index in [0.29, 0.717) is 16.5 Å². The molecule has 0 aliphatic carbocycles. The first-order chi connectivity index (χ1) is 11.5. The summed E-state index contributed by atoms with van der Waals surface area (Å²) >= 11 is 1.41. The second kappa shape index (κ2) is 8.98. The second-order valence-corrected chi connectivity index (χ2v) is 6.34. The Morgan fingerprint density at radius 3 is 2.67 bits per heavy atom. The molecule has 0 heterocycles. The van der Waals surface area contributed by atoms with Crippen molar-refractivity contribution in [3.05, 3.63) is 59.7 Å². The van der Waals surface area contributed by atoms with E-state index in [0.717, 1.165) is 5.75 Å². The van der Waals surface area contributed by atoms with Crippen LogP contribution >= 0.6 is 11.8 Å². The van der Waals surface area contributed by atoms with Crippen LogP contribution in [0.1, 0.15) is 25.0 Å². The van der Waals surface area contributed by atoms with Crippen molar-refractivity contribution < 1.29 is 9.84 Å². The number of phenolic OH excluding ortho intramolecular Hbond substituents is 1. The third kappa shape index (κ3) is 5.96. The minimum absolute atomic E-state index is 0.0509. The van der Waals surface area contributed by atoms with Gasteiger partial charge in [0.2, 0.25) is 0 Å². The zero-order valence-corrected chi connectivity index (χ0v) is 14.5. The van der Waals surface area contributed by atoms with Crippen LogP contribution in [-0.2, 0) is 5.75 Å². The molecular weight excluding hydrogens is 322 g/mol. The molecule has 0 unspecified atom stereocenters. The SMILES string of the molecule is CC(C)Oc1ccc(C=NN=C(N)SCc2ccccc2)c(O)c1. The van der Waals surface area contributed by atoms with Gasteiger partial charge in [0.1, 0.15) is 11.5 Å². The van der Waals surface area contributed by atoms with Crippen LogP contribution < -0.4 is 10.5 Å². The number of thioether (sulfide) groups is 1. The molecule has 5 nitrogen and oxygen atoms in total. The number of hydrogen-bond acceptors (Lipinski definition) is 5. The molecule has 2 aromatic rings. The fourth-order valence-electron chi connectivity index (χ4n) is 1.89. The Morgan fingerprint density at radius 1 is 1.25 bits per heavy atom. The molecule has 0 bridgehead atoms. The number of phenols is 1. The Balaban J connectivity index is 1.92. The predicted molar refractivity (Wildman–Crippen MR) is 101 cm³/mol. The molecule has 24 heavy (non-hydrogen) atoms. The molecule has 2 aromatic carbocycles. The molecule has 6 heteroatoms. The van der Waals surface area contributed by atoms with Crippen molar-refractivity contribution >= 4 is 23.1 Å². The summed E-state index contributed by atoms with van der Waals surface area (Å²) in [5, 5.41) is 18.2. The lowest BCUT2D eigenvalue weighted by molar-refractivity contribution is 0.241. The van der Waals surface area contributed by atoms with Gasteiger partial charge < -0.3 is 15.6 Å². The first-order valence-corrected chi connectivity index (χ1v) is 8.56. The van der Waals surface area contributed by atoms with Gasteiger partial charge in [-0.3, -0.25) is 0 Å². The molecule has 0 amide bonds. The normalized spacial score (nSPS) is 12.0. The zero-order valence-electron chi connectivity index (χ0n) is 13.7. The molecule has 0 saturated heterocycles. The number of rotatable bonds is 6. The highest BCUT2D eigenvalue weighted by atomic mass is 32.2. The molecule has 2 rings (SSSR count). The third-order valence-electron chi connectivity index (χ3n) is 2.96. The average molecular weight is 343 g/mol. The molecule has 0 radical (unpaired) electrons. The lowest BCUT2D eigenvalue weighted by Gasteiger charge is -2.10. The fraction of sp³-hybridized carbons (Fsp3) is 0.222. The zero-order chi connectivity index (χ0) is 17.4. The summed E-state index contributed by atoms with van der Waals surface area (Å²) in [6.45, 7) is 3.86. The minimum Gasteiger partial charge on any atom is -0.507 e. The van der Waals surface area contributed by atoms with E-state index in [1.165, 1.54) is 23.5 Å². The summed E-state index contributed by atoms with van der Waals surface area (Å²) in [6, 6.07) is 15.1. The van der Waals surface area contributed by atoms with Crippen LogP contribution in [0.2, 0.25) is 0 Å². The van der Waals surface area contributed by atoms with Gasteiger partial charge in [-0.25, -0.2) is 0 Å². The molecular formula is C18H21N3O2S. The van der Waals surface area contributed by atoms with E-state index < -0.39 is 0 Å². The molecule has 0 aromatic heterocycles. The van der Waals surface area contributed by atoms with Crippen molar-refractivity contribution in [1.82, 2.24) is 0 Å². The monoisotopic (exact) mass is 343 g/mol. The fourth-order valence-corrected chi connectivity index (χ4v) is 2.50. The van der Waals surface area contributed by atoms with Crippen molar-refractivity contribution in [2.24, 2.45) is 15.9 Å². The number of ether oxygens (including phenoxy) is 1. The van der Waals surface area contributed by atoms with E-state index in [9.17, 15) is 5.11 Å². The van der Waals surface area contributed by atoms with Crippen LogP contribution in [0.4, 0.5) is 0 Å². The van der Waals surface area contributed by atoms with Gasteiger partial charge in [0.15, 0.2) is 5.17 Å². The molecule has 126 valence electrons. The van der Waals surface area contributed by atoms with E-state index in [4.69, 9.17) is 10.5 Å². The summed E-state index contributed by atoms with van der Waals surface area (Å²) < 4.78 is 5.51. The summed E-state index contributed by atoms with van der Waals surface area (Å²) in [7, 11) is 0. The Bertz CT molecular complexity index is 715. The van der Waals surface area contributed by atoms with Gasteiger partial charge in [-0.05, 0) is 31.5 Å². The van der Waals surface area contributed by atoms with E-state index in [-0.39, 0.29) is 11.9 Å². The molecule has 0 aliphatic rings. The largest absolute Gasteiger partial charge is 0.507 e. The topological polar surface area (TPSA) is 80.2 Å². The van der Waals surface area contributed by atoms with Crippen molar-refractivity contribution in [3.63, 3.8) is 0 Å². The smallest absolute Gasteiger partial charge is 0.180 e. The van der Waals surface area contributed by atoms with Crippen LogP contribution in [0, 0.1) is 0 Å². The van der Waals surface area contributed by atoms with Crippen molar-refractivity contribution in [2.75, 3.05) is 0 Å². The summed E-state index contributed by atoms with van der Waals surface area (Å²) in [4.78, 5) is 0. The Labute approximate surface area is 146 Å². The molecule has 3 N–H and O–H groups in total. The van der Waals surface area contributed by atoms with Crippen LogP contribution in [0.3, 0.4) is 0 Å². The van der Waals surface area contributed by atoms with Crippen molar-refractivity contribution in [3.8, 4) is 11.5 Å². The number of hydrogen-bond donors (Lipinski definition) is 2. The maximum Gasteiger partial charge on any atom is 0.180 e. The van der Waals surface area contributed by atoms with Crippen LogP contribution in [0.5, 0.6) is 11.5 Å². The number of aromatic hydroxyl groups is 1. The number of benzene rings is 2. The van der Waals surface area contributed by atoms with Gasteiger partial charge in [0, 0.05) is 17.4 Å². The van der Waals surface area contributed by atoms with Crippen LogP contribution in [0.15, 0.2) is 58.7 Å². The molecule has 0 aliphatic heterocycles. The molecule has 0 saturated carbocycles. The lowest BCUT2D eigenvalue weighted by Crippen LogP contribution is -2.06. The van der Waals surface area contributed by atoms with Crippen LogP contribution in [0.25, 0.3) is 0 Å². The van der Waals surface area contributed by atoms with Gasteiger partial charge in [0.05, 0.1) is 12.3 Å². The molecule has 0 spiro atoms. The lowest BCUT2D eigenvalue weighted by atomic mass is 10.2. The second-order valence-electron chi connectivity index (χ2n) is 5.34. The number of nitrogens with two attached hydrogens (primary N) is 1. The van der Waals surface area contributed by atoms with Gasteiger partial charge in [-0.15, -0.1) is 5.10 Å². The van der Waals surface area contributed by atoms with Gasteiger partial charge >= 0.3 is 0 Å². The maximum absolute atomic E-state index is 9.97. The Morgan fingerprint density at radius 2 is 2.00 bits per heavy atom. The van der Waals surface area contributed by atoms with E-state index in [1.807, 2.05) is 44.2 Å². The minimum atomic E-state index is 0.0509. The van der Waals surface area contributed by atoms with Crippen LogP contribution in [-0.4, -0.2) is 22.6 Å². The first-order valence-electron chi connectivity index (χ1n) is 7.57. The number of nitrogens with zero attached hydrogens (tertiary/aromatic N) is 2. The van der Waals surface area contributed by atoms with Crippen molar-refractivity contribution in [2.45, 2.75) is 25.7 Å². The summed E-state index contributed by atoms with van der Waals surface area (Å²) in [5.74, 6) is 1.43. The number of amidine groups is 1. The maximum atomic E-state index is 9.97. The standard InChI is InChI=1S/C18H21N3O2S/c1-13(2)23-16-9-8-15(17(22)10-16)11-20-21-18(19)24-12-14-6-4-3-5-7-14/h3-11,13,22H,12H2,1-2H3,(H2,19,21). The van der Waals surface area contributed by atoms with Gasteiger partial charge in [-0.1, -0.05) is 42.1 Å². The first kappa shape index (κ1) is 17.9.